The Morgan fingerprint density at radius 1 is 1.11 bits per heavy atom. The molecule has 11 heteroatoms. The quantitative estimate of drug-likeness (QED) is 0.487. The van der Waals surface area contributed by atoms with Crippen molar-refractivity contribution in [1.29, 1.82) is 0 Å². The number of nitrogens with one attached hydrogen (secondary N) is 1. The van der Waals surface area contributed by atoms with E-state index >= 15 is 0 Å². The van der Waals surface area contributed by atoms with Gasteiger partial charge in [0.15, 0.2) is 16.9 Å². The average molecular weight is 513 g/mol. The Balaban J connectivity index is 1.67. The lowest BCUT2D eigenvalue weighted by atomic mass is 10.0. The first-order valence-corrected chi connectivity index (χ1v) is 12.1. The van der Waals surface area contributed by atoms with Gasteiger partial charge in [0, 0.05) is 53.5 Å². The van der Waals surface area contributed by atoms with Crippen LogP contribution in [0.2, 0.25) is 0 Å². The van der Waals surface area contributed by atoms with Crippen molar-refractivity contribution in [3.8, 4) is 11.5 Å². The van der Waals surface area contributed by atoms with Gasteiger partial charge in [-0.3, -0.25) is 9.59 Å². The van der Waals surface area contributed by atoms with Crippen molar-refractivity contribution in [2.24, 2.45) is 5.73 Å². The molecule has 0 bridgehead atoms. The number of thioether (sulfide) groups is 1. The van der Waals surface area contributed by atoms with Gasteiger partial charge < -0.3 is 35.4 Å². The normalized spacial score (nSPS) is 17.5. The molecule has 0 aromatic heterocycles. The third kappa shape index (κ3) is 4.98. The highest BCUT2D eigenvalue weighted by atomic mass is 32.2. The number of ether oxygens (including phenoxy) is 2. The molecule has 0 radical (unpaired) electrons. The zero-order chi connectivity index (χ0) is 26.0. The van der Waals surface area contributed by atoms with E-state index in [1.807, 2.05) is 7.05 Å². The summed E-state index contributed by atoms with van der Waals surface area (Å²) in [6.07, 6.45) is 0.692. The molecule has 2 aromatic carbocycles. The Kier molecular flexibility index (Phi) is 7.41. The van der Waals surface area contributed by atoms with Gasteiger partial charge in [0.05, 0.1) is 14.2 Å². The van der Waals surface area contributed by atoms with Gasteiger partial charge in [-0.25, -0.2) is 4.79 Å². The molecule has 0 spiro atoms. The van der Waals surface area contributed by atoms with Crippen LogP contribution in [0.15, 0.2) is 47.0 Å². The molecule has 2 aliphatic rings. The molecule has 0 saturated carbocycles. The molecule has 0 saturated heterocycles. The maximum absolute atomic E-state index is 12.9. The minimum absolute atomic E-state index is 0.0552. The number of nitrogens with zero attached hydrogens (tertiary/aromatic N) is 2. The van der Waals surface area contributed by atoms with Crippen molar-refractivity contribution in [3.63, 3.8) is 0 Å². The van der Waals surface area contributed by atoms with Gasteiger partial charge in [-0.15, -0.1) is 0 Å². The summed E-state index contributed by atoms with van der Waals surface area (Å²) < 4.78 is 10.5. The summed E-state index contributed by atoms with van der Waals surface area (Å²) in [7, 11) is 5.00. The van der Waals surface area contributed by atoms with E-state index in [2.05, 4.69) is 10.2 Å². The number of hydrogen-bond acceptors (Lipinski definition) is 8. The summed E-state index contributed by atoms with van der Waals surface area (Å²) in [4.78, 5) is 42.0. The number of amides is 2. The summed E-state index contributed by atoms with van der Waals surface area (Å²) in [6.45, 7) is 1.53. The van der Waals surface area contributed by atoms with E-state index in [1.54, 1.807) is 41.3 Å². The minimum atomic E-state index is -0.962. The molecule has 0 fully saturated rings. The molecular formula is C25H28N4O6S. The summed E-state index contributed by atoms with van der Waals surface area (Å²) in [6, 6.07) is 9.70. The van der Waals surface area contributed by atoms with E-state index < -0.39 is 17.3 Å². The highest BCUT2D eigenvalue weighted by molar-refractivity contribution is 8.04. The smallest absolute Gasteiger partial charge is 0.337 e. The van der Waals surface area contributed by atoms with Gasteiger partial charge in [0.2, 0.25) is 5.91 Å². The number of benzene rings is 2. The van der Waals surface area contributed by atoms with Crippen molar-refractivity contribution in [1.82, 2.24) is 10.2 Å². The van der Waals surface area contributed by atoms with E-state index in [0.717, 1.165) is 17.1 Å². The van der Waals surface area contributed by atoms with Crippen molar-refractivity contribution in [2.75, 3.05) is 39.3 Å². The monoisotopic (exact) mass is 512 g/mol. The number of carbonyl (C=O) groups is 3. The summed E-state index contributed by atoms with van der Waals surface area (Å²) in [5.41, 5.74) is 8.29. The number of aliphatic carboxylic acids is 1. The molecule has 4 N–H and O–H groups in total. The second kappa shape index (κ2) is 10.5. The number of nitrogens with two attached hydrogens (primary N) is 1. The first-order chi connectivity index (χ1) is 17.2. The molecule has 10 nitrogen and oxygen atoms in total. The number of methoxy groups -OCH3 is 2. The van der Waals surface area contributed by atoms with Crippen LogP contribution in [0.25, 0.3) is 0 Å². The number of carboxylic acids is 1. The summed E-state index contributed by atoms with van der Waals surface area (Å²) in [5.74, 6) is -1.02. The van der Waals surface area contributed by atoms with Crippen LogP contribution >= 0.6 is 11.8 Å². The molecule has 2 heterocycles. The van der Waals surface area contributed by atoms with E-state index in [9.17, 15) is 19.5 Å². The fourth-order valence-corrected chi connectivity index (χ4v) is 5.69. The second-order valence-corrected chi connectivity index (χ2v) is 9.67. The summed E-state index contributed by atoms with van der Waals surface area (Å²) in [5, 5.41) is 12.0. The lowest BCUT2D eigenvalue weighted by Gasteiger charge is -2.31. The van der Waals surface area contributed by atoms with Crippen molar-refractivity contribution in [2.45, 2.75) is 18.3 Å². The van der Waals surface area contributed by atoms with Crippen LogP contribution in [0.4, 0.5) is 5.69 Å². The molecular weight excluding hydrogens is 484 g/mol. The first kappa shape index (κ1) is 25.4. The summed E-state index contributed by atoms with van der Waals surface area (Å²) >= 11 is 1.32. The van der Waals surface area contributed by atoms with Crippen LogP contribution in [-0.2, 0) is 11.3 Å². The zero-order valence-corrected chi connectivity index (χ0v) is 21.1. The molecule has 2 aliphatic heterocycles. The fourth-order valence-electron chi connectivity index (χ4n) is 4.34. The molecule has 1 unspecified atom stereocenters. The second-order valence-electron chi connectivity index (χ2n) is 8.50. The molecule has 2 aromatic rings. The molecule has 4 rings (SSSR count). The Bertz CT molecular complexity index is 1250. The third-order valence-corrected chi connectivity index (χ3v) is 7.45. The van der Waals surface area contributed by atoms with E-state index in [1.165, 1.54) is 26.0 Å². The number of carbonyl (C=O) groups excluding carboxylic acids is 2. The number of primary amides is 1. The van der Waals surface area contributed by atoms with Crippen molar-refractivity contribution >= 4 is 35.2 Å². The van der Waals surface area contributed by atoms with E-state index in [4.69, 9.17) is 15.2 Å². The van der Waals surface area contributed by atoms with Crippen LogP contribution in [0.3, 0.4) is 0 Å². The highest BCUT2D eigenvalue weighted by Crippen LogP contribution is 2.45. The maximum atomic E-state index is 12.9. The van der Waals surface area contributed by atoms with Crippen LogP contribution in [0.1, 0.15) is 32.7 Å². The molecule has 190 valence electrons. The highest BCUT2D eigenvalue weighted by Gasteiger charge is 2.40. The Hall–Kier alpha value is -3.70. The number of anilines is 1. The SMILES string of the molecule is COc1ccc(C(=O)NCc2cc(C(N)=O)ccc2N2C3=C(CN(C)CC3)SC2C(=O)O)cc1OC. The first-order valence-electron chi connectivity index (χ1n) is 11.3. The lowest BCUT2D eigenvalue weighted by Crippen LogP contribution is -2.37. The van der Waals surface area contributed by atoms with Crippen molar-refractivity contribution in [3.05, 3.63) is 63.7 Å². The van der Waals surface area contributed by atoms with Crippen LogP contribution < -0.4 is 25.4 Å². The van der Waals surface area contributed by atoms with Crippen LogP contribution in [0.5, 0.6) is 11.5 Å². The van der Waals surface area contributed by atoms with Gasteiger partial charge >= 0.3 is 5.97 Å². The third-order valence-electron chi connectivity index (χ3n) is 6.16. The molecule has 36 heavy (non-hydrogen) atoms. The van der Waals surface area contributed by atoms with Crippen LogP contribution in [-0.4, -0.2) is 67.5 Å². The average Bonchev–Trinajstić information content (AvgIpc) is 3.25. The Morgan fingerprint density at radius 3 is 2.50 bits per heavy atom. The lowest BCUT2D eigenvalue weighted by molar-refractivity contribution is -0.136. The van der Waals surface area contributed by atoms with Gasteiger partial charge in [0.1, 0.15) is 0 Å². The number of carboxylic acid groups (broad SMARTS) is 1. The number of rotatable bonds is 8. The largest absolute Gasteiger partial charge is 0.493 e. The number of likely N-dealkylation sites (N-methyl/N-ethyl adjacent to an activating group) is 1. The standard InChI is InChI=1S/C25H28N4O6S/c1-28-9-8-18-21(13-28)36-24(25(32)33)29(18)17-6-4-14(22(26)30)10-16(17)12-27-23(31)15-5-7-19(34-2)20(11-15)35-3/h4-7,10-11,24H,8-9,12-13H2,1-3H3,(H2,26,30)(H,27,31)(H,32,33). The van der Waals surface area contributed by atoms with E-state index in [0.29, 0.717) is 41.3 Å². The zero-order valence-electron chi connectivity index (χ0n) is 20.2. The topological polar surface area (TPSA) is 134 Å². The minimum Gasteiger partial charge on any atom is -0.493 e. The Morgan fingerprint density at radius 2 is 1.83 bits per heavy atom. The van der Waals surface area contributed by atoms with Crippen LogP contribution in [0, 0.1) is 0 Å². The fraction of sp³-hybridized carbons (Fsp3) is 0.320. The Labute approximate surface area is 213 Å². The predicted octanol–water partition coefficient (Wildman–Crippen LogP) is 2.24. The maximum Gasteiger partial charge on any atom is 0.337 e. The van der Waals surface area contributed by atoms with Crippen molar-refractivity contribution < 1.29 is 29.0 Å². The van der Waals surface area contributed by atoms with Gasteiger partial charge in [-0.1, -0.05) is 11.8 Å². The van der Waals surface area contributed by atoms with Gasteiger partial charge in [-0.05, 0) is 49.0 Å². The van der Waals surface area contributed by atoms with E-state index in [-0.39, 0.29) is 18.0 Å². The molecule has 0 aliphatic carbocycles. The molecule has 2 amide bonds. The van der Waals surface area contributed by atoms with Gasteiger partial charge in [-0.2, -0.15) is 0 Å². The number of hydrogen-bond donors (Lipinski definition) is 3. The van der Waals surface area contributed by atoms with Gasteiger partial charge in [0.25, 0.3) is 5.91 Å². The molecule has 1 atom stereocenters. The predicted molar refractivity (Wildman–Crippen MR) is 136 cm³/mol.